The van der Waals surface area contributed by atoms with Gasteiger partial charge >= 0.3 is 11.7 Å². The van der Waals surface area contributed by atoms with Crippen molar-refractivity contribution in [1.29, 1.82) is 0 Å². The number of aromatic amines is 1. The Morgan fingerprint density at radius 3 is 2.59 bits per heavy atom. The van der Waals surface area contributed by atoms with Crippen molar-refractivity contribution in [3.05, 3.63) is 46.1 Å². The average molecular weight is 375 g/mol. The summed E-state index contributed by atoms with van der Waals surface area (Å²) in [7, 11) is 1.41. The fraction of sp³-hybridized carbons (Fsp3) is 0.550. The van der Waals surface area contributed by atoms with Crippen molar-refractivity contribution in [1.82, 2.24) is 14.8 Å². The van der Waals surface area contributed by atoms with Crippen LogP contribution in [-0.4, -0.2) is 34.5 Å². The number of benzene rings is 1. The predicted molar refractivity (Wildman–Crippen MR) is 103 cm³/mol. The summed E-state index contributed by atoms with van der Waals surface area (Å²) in [6, 6.07) is 7.74. The predicted octanol–water partition coefficient (Wildman–Crippen LogP) is 2.73. The molecule has 7 heteroatoms. The molecule has 1 aromatic carbocycles. The molecule has 0 fully saturated rings. The van der Waals surface area contributed by atoms with Crippen LogP contribution in [0.2, 0.25) is 0 Å². The highest BCUT2D eigenvalue weighted by Gasteiger charge is 2.28. The lowest BCUT2D eigenvalue weighted by Gasteiger charge is -2.21. The molecule has 0 aliphatic carbocycles. The van der Waals surface area contributed by atoms with Crippen LogP contribution in [0.5, 0.6) is 5.75 Å². The van der Waals surface area contributed by atoms with Gasteiger partial charge in [-0.05, 0) is 50.8 Å². The molecule has 0 atom stereocenters. The molecule has 1 heterocycles. The van der Waals surface area contributed by atoms with E-state index in [0.717, 1.165) is 30.0 Å². The first-order valence-electron chi connectivity index (χ1n) is 9.31. The third kappa shape index (κ3) is 5.70. The van der Waals surface area contributed by atoms with Crippen molar-refractivity contribution in [2.24, 2.45) is 5.41 Å². The van der Waals surface area contributed by atoms with Gasteiger partial charge in [-0.15, -0.1) is 0 Å². The Kier molecular flexibility index (Phi) is 7.21. The molecule has 0 bridgehead atoms. The Bertz CT molecular complexity index is 790. The van der Waals surface area contributed by atoms with E-state index in [-0.39, 0.29) is 11.7 Å². The van der Waals surface area contributed by atoms with Gasteiger partial charge in [0.25, 0.3) is 0 Å². The number of nitrogens with one attached hydrogen (secondary N) is 1. The lowest BCUT2D eigenvalue weighted by Crippen LogP contribution is -2.27. The Balaban J connectivity index is 1.82. The van der Waals surface area contributed by atoms with Crippen LogP contribution < -0.4 is 10.4 Å². The number of methoxy groups -OCH3 is 1. The van der Waals surface area contributed by atoms with Gasteiger partial charge in [0, 0.05) is 13.0 Å². The van der Waals surface area contributed by atoms with Gasteiger partial charge in [0.1, 0.15) is 11.6 Å². The summed E-state index contributed by atoms with van der Waals surface area (Å²) >= 11 is 0. The lowest BCUT2D eigenvalue weighted by atomic mass is 9.86. The van der Waals surface area contributed by atoms with Crippen molar-refractivity contribution in [2.75, 3.05) is 13.7 Å². The van der Waals surface area contributed by atoms with Crippen LogP contribution in [-0.2, 0) is 28.9 Å². The molecule has 27 heavy (non-hydrogen) atoms. The molecular weight excluding hydrogens is 346 g/mol. The van der Waals surface area contributed by atoms with Crippen molar-refractivity contribution in [3.8, 4) is 5.75 Å². The summed E-state index contributed by atoms with van der Waals surface area (Å²) in [5.41, 5.74) is 0.339. The van der Waals surface area contributed by atoms with Crippen LogP contribution in [0.15, 0.2) is 29.1 Å². The number of ether oxygens (including phenoxy) is 2. The largest absolute Gasteiger partial charge is 0.494 e. The normalized spacial score (nSPS) is 11.4. The average Bonchev–Trinajstić information content (AvgIpc) is 2.99. The van der Waals surface area contributed by atoms with Gasteiger partial charge in [0.2, 0.25) is 0 Å². The van der Waals surface area contributed by atoms with Gasteiger partial charge in [0.15, 0.2) is 0 Å². The number of carbonyl (C=O) groups excluding carboxylic acids is 1. The monoisotopic (exact) mass is 375 g/mol. The van der Waals surface area contributed by atoms with Gasteiger partial charge in [-0.1, -0.05) is 19.1 Å². The van der Waals surface area contributed by atoms with Crippen LogP contribution in [0, 0.1) is 5.41 Å². The zero-order valence-electron chi connectivity index (χ0n) is 16.6. The van der Waals surface area contributed by atoms with E-state index in [9.17, 15) is 9.59 Å². The van der Waals surface area contributed by atoms with E-state index in [0.29, 0.717) is 26.0 Å². The number of rotatable bonds is 10. The first-order valence-corrected chi connectivity index (χ1v) is 9.31. The third-order valence-corrected chi connectivity index (χ3v) is 4.41. The number of hydrogen-bond donors (Lipinski definition) is 1. The number of esters is 1. The summed E-state index contributed by atoms with van der Waals surface area (Å²) in [6.07, 6.45) is 2.95. The van der Waals surface area contributed by atoms with E-state index in [4.69, 9.17) is 9.47 Å². The topological polar surface area (TPSA) is 86.2 Å². The summed E-state index contributed by atoms with van der Waals surface area (Å²) in [5, 5.41) is 6.58. The van der Waals surface area contributed by atoms with Crippen LogP contribution in [0.1, 0.15) is 45.0 Å². The number of aromatic nitrogens is 3. The second-order valence-corrected chi connectivity index (χ2v) is 7.24. The maximum absolute atomic E-state index is 11.8. The van der Waals surface area contributed by atoms with Crippen LogP contribution in [0.3, 0.4) is 0 Å². The first-order chi connectivity index (χ1) is 12.9. The van der Waals surface area contributed by atoms with Gasteiger partial charge in [-0.3, -0.25) is 9.36 Å². The number of H-pyrrole nitrogens is 1. The second-order valence-electron chi connectivity index (χ2n) is 7.24. The molecule has 0 amide bonds. The molecule has 0 saturated heterocycles. The lowest BCUT2D eigenvalue weighted by molar-refractivity contribution is -0.150. The second kappa shape index (κ2) is 9.39. The fourth-order valence-corrected chi connectivity index (χ4v) is 2.98. The van der Waals surface area contributed by atoms with E-state index in [2.05, 4.69) is 10.2 Å². The summed E-state index contributed by atoms with van der Waals surface area (Å²) in [4.78, 5) is 23.4. The van der Waals surface area contributed by atoms with Gasteiger partial charge < -0.3 is 9.47 Å². The highest BCUT2D eigenvalue weighted by atomic mass is 16.5. The van der Waals surface area contributed by atoms with Crippen LogP contribution >= 0.6 is 0 Å². The minimum atomic E-state index is -0.561. The SMILES string of the molecule is CCCn1c(CCCOc2ccc(CC(C)(C)C(=O)OC)cc2)n[nH]c1=O. The van der Waals surface area contributed by atoms with Crippen molar-refractivity contribution < 1.29 is 14.3 Å². The molecule has 0 saturated carbocycles. The molecular formula is C20H29N3O4. The molecule has 0 spiro atoms. The van der Waals surface area contributed by atoms with E-state index in [1.165, 1.54) is 7.11 Å². The van der Waals surface area contributed by atoms with E-state index in [1.54, 1.807) is 4.57 Å². The van der Waals surface area contributed by atoms with E-state index in [1.807, 2.05) is 45.0 Å². The van der Waals surface area contributed by atoms with Gasteiger partial charge in [0.05, 0.1) is 19.1 Å². The summed E-state index contributed by atoms with van der Waals surface area (Å²) in [6.45, 7) is 6.99. The molecule has 0 aliphatic rings. The van der Waals surface area contributed by atoms with Crippen LogP contribution in [0.4, 0.5) is 0 Å². The Hall–Kier alpha value is -2.57. The molecule has 0 aliphatic heterocycles. The molecule has 0 unspecified atom stereocenters. The minimum absolute atomic E-state index is 0.154. The van der Waals surface area contributed by atoms with Crippen LogP contribution in [0.25, 0.3) is 0 Å². The standard InChI is InChI=1S/C20H29N3O4/c1-5-12-23-17(21-22-19(23)25)7-6-13-27-16-10-8-15(9-11-16)14-20(2,3)18(24)26-4/h8-11H,5-7,12-14H2,1-4H3,(H,22,25). The number of aryl methyl sites for hydroxylation is 1. The number of nitrogens with zero attached hydrogens (tertiary/aromatic N) is 2. The molecule has 2 rings (SSSR count). The third-order valence-electron chi connectivity index (χ3n) is 4.41. The highest BCUT2D eigenvalue weighted by Crippen LogP contribution is 2.24. The molecule has 1 aromatic heterocycles. The summed E-state index contributed by atoms with van der Waals surface area (Å²) in [5.74, 6) is 1.33. The van der Waals surface area contributed by atoms with Gasteiger partial charge in [-0.25, -0.2) is 9.89 Å². The van der Waals surface area contributed by atoms with Gasteiger partial charge in [-0.2, -0.15) is 5.10 Å². The molecule has 1 N–H and O–H groups in total. The van der Waals surface area contributed by atoms with Crippen molar-refractivity contribution >= 4 is 5.97 Å². The molecule has 2 aromatic rings. The first kappa shape index (κ1) is 20.7. The Labute approximate surface area is 159 Å². The van der Waals surface area contributed by atoms with E-state index >= 15 is 0 Å². The smallest absolute Gasteiger partial charge is 0.343 e. The molecule has 0 radical (unpaired) electrons. The molecule has 7 nitrogen and oxygen atoms in total. The number of hydrogen-bond acceptors (Lipinski definition) is 5. The maximum atomic E-state index is 11.8. The number of carbonyl (C=O) groups is 1. The minimum Gasteiger partial charge on any atom is -0.494 e. The fourth-order valence-electron chi connectivity index (χ4n) is 2.98. The summed E-state index contributed by atoms with van der Waals surface area (Å²) < 4.78 is 12.3. The Morgan fingerprint density at radius 1 is 1.26 bits per heavy atom. The zero-order chi connectivity index (χ0) is 19.9. The Morgan fingerprint density at radius 2 is 1.96 bits per heavy atom. The zero-order valence-corrected chi connectivity index (χ0v) is 16.6. The molecule has 148 valence electrons. The quantitative estimate of drug-likeness (QED) is 0.510. The van der Waals surface area contributed by atoms with E-state index < -0.39 is 5.41 Å². The highest BCUT2D eigenvalue weighted by molar-refractivity contribution is 5.76. The maximum Gasteiger partial charge on any atom is 0.343 e. The van der Waals surface area contributed by atoms with Crippen molar-refractivity contribution in [2.45, 2.75) is 53.0 Å². The van der Waals surface area contributed by atoms with Crippen molar-refractivity contribution in [3.63, 3.8) is 0 Å².